The summed E-state index contributed by atoms with van der Waals surface area (Å²) < 4.78 is 0. The predicted molar refractivity (Wildman–Crippen MR) is 112 cm³/mol. The number of fused-ring (bicyclic) bond motifs is 1. The van der Waals surface area contributed by atoms with Crippen LogP contribution in [0.2, 0.25) is 0 Å². The molecule has 0 spiro atoms. The third-order valence-corrected chi connectivity index (χ3v) is 4.74. The minimum atomic E-state index is -1.32. The van der Waals surface area contributed by atoms with Gasteiger partial charge in [0.2, 0.25) is 0 Å². The van der Waals surface area contributed by atoms with Crippen LogP contribution in [0.15, 0.2) is 24.3 Å². The fraction of sp³-hybridized carbons (Fsp3) is 0.364. The zero-order chi connectivity index (χ0) is 22.3. The van der Waals surface area contributed by atoms with Gasteiger partial charge in [-0.15, -0.1) is 0 Å². The van der Waals surface area contributed by atoms with E-state index in [2.05, 4.69) is 10.6 Å². The Morgan fingerprint density at radius 2 is 1.00 bits per heavy atom. The van der Waals surface area contributed by atoms with E-state index >= 15 is 0 Å². The second-order valence-electron chi connectivity index (χ2n) is 6.90. The number of nitrogens with one attached hydrogen (secondary N) is 2. The smallest absolute Gasteiger partial charge is 0.336 e. The summed E-state index contributed by atoms with van der Waals surface area (Å²) in [5, 5.41) is 24.6. The molecule has 0 aromatic heterocycles. The monoisotopic (exact) mass is 414 g/mol. The van der Waals surface area contributed by atoms with Crippen LogP contribution in [-0.2, 0) is 0 Å². The van der Waals surface area contributed by atoms with Gasteiger partial charge < -0.3 is 20.8 Å². The van der Waals surface area contributed by atoms with Crippen LogP contribution in [0.5, 0.6) is 0 Å². The molecule has 8 nitrogen and oxygen atoms in total. The van der Waals surface area contributed by atoms with E-state index < -0.39 is 23.8 Å². The maximum absolute atomic E-state index is 12.7. The first-order chi connectivity index (χ1) is 14.3. The molecule has 2 amide bonds. The number of hydrogen-bond donors (Lipinski definition) is 4. The summed E-state index contributed by atoms with van der Waals surface area (Å²) >= 11 is 0. The number of carboxylic acids is 2. The van der Waals surface area contributed by atoms with Gasteiger partial charge >= 0.3 is 11.9 Å². The van der Waals surface area contributed by atoms with E-state index in [1.807, 2.05) is 13.8 Å². The molecule has 8 heteroatoms. The number of carbonyl (C=O) groups is 4. The Hall–Kier alpha value is -3.42. The highest BCUT2D eigenvalue weighted by Gasteiger charge is 2.25. The number of hydrogen-bond acceptors (Lipinski definition) is 4. The molecule has 0 atom stereocenters. The Bertz CT molecular complexity index is 905. The molecule has 4 N–H and O–H groups in total. The summed E-state index contributed by atoms with van der Waals surface area (Å²) in [7, 11) is 0. The van der Waals surface area contributed by atoms with Crippen LogP contribution in [0.4, 0.5) is 0 Å². The molecule has 30 heavy (non-hydrogen) atoms. The van der Waals surface area contributed by atoms with Crippen LogP contribution in [0.3, 0.4) is 0 Å². The normalized spacial score (nSPS) is 10.6. The van der Waals surface area contributed by atoms with Gasteiger partial charge in [0.1, 0.15) is 0 Å². The summed E-state index contributed by atoms with van der Waals surface area (Å²) in [6, 6.07) is 5.04. The van der Waals surface area contributed by atoms with Crippen LogP contribution in [0.25, 0.3) is 10.8 Å². The van der Waals surface area contributed by atoms with Crippen molar-refractivity contribution in [3.63, 3.8) is 0 Å². The van der Waals surface area contributed by atoms with E-state index in [0.29, 0.717) is 13.1 Å². The van der Waals surface area contributed by atoms with Crippen LogP contribution in [0, 0.1) is 0 Å². The zero-order valence-corrected chi connectivity index (χ0v) is 17.1. The molecular weight excluding hydrogens is 388 g/mol. The molecule has 0 aliphatic rings. The van der Waals surface area contributed by atoms with E-state index in [1.54, 1.807) is 0 Å². The Labute approximate surface area is 174 Å². The Morgan fingerprint density at radius 1 is 0.667 bits per heavy atom. The summed E-state index contributed by atoms with van der Waals surface area (Å²) in [5.74, 6) is -3.67. The highest BCUT2D eigenvalue weighted by Crippen LogP contribution is 2.30. The second kappa shape index (κ2) is 10.4. The van der Waals surface area contributed by atoms with Crippen LogP contribution < -0.4 is 10.6 Å². The minimum Gasteiger partial charge on any atom is -0.478 e. The van der Waals surface area contributed by atoms with E-state index in [0.717, 1.165) is 37.8 Å². The first-order valence-corrected chi connectivity index (χ1v) is 9.96. The van der Waals surface area contributed by atoms with Gasteiger partial charge in [0, 0.05) is 35.0 Å². The average Bonchev–Trinajstić information content (AvgIpc) is 2.71. The number of benzene rings is 2. The lowest BCUT2D eigenvalue weighted by Crippen LogP contribution is -2.27. The SMILES string of the molecule is CCCCNC(=O)c1ccc(C(=O)NCCCC)c2c(C(=O)O)ccc(C(=O)O)c12. The number of carboxylic acid groups (broad SMARTS) is 2. The van der Waals surface area contributed by atoms with Crippen molar-refractivity contribution >= 4 is 34.5 Å². The summed E-state index contributed by atoms with van der Waals surface area (Å²) in [6.07, 6.45) is 3.21. The molecule has 0 bridgehead atoms. The van der Waals surface area contributed by atoms with Crippen molar-refractivity contribution in [2.24, 2.45) is 0 Å². The van der Waals surface area contributed by atoms with Crippen LogP contribution in [0.1, 0.15) is 81.0 Å². The third-order valence-electron chi connectivity index (χ3n) is 4.74. The van der Waals surface area contributed by atoms with E-state index in [4.69, 9.17) is 0 Å². The number of unbranched alkanes of at least 4 members (excludes halogenated alkanes) is 2. The molecule has 2 aromatic rings. The van der Waals surface area contributed by atoms with Gasteiger partial charge in [-0.3, -0.25) is 9.59 Å². The van der Waals surface area contributed by atoms with Gasteiger partial charge in [-0.1, -0.05) is 26.7 Å². The van der Waals surface area contributed by atoms with Gasteiger partial charge in [0.05, 0.1) is 11.1 Å². The summed E-state index contributed by atoms with van der Waals surface area (Å²) in [5.41, 5.74) is -0.434. The molecule has 0 radical (unpaired) electrons. The van der Waals surface area contributed by atoms with Gasteiger partial charge in [-0.05, 0) is 37.1 Å². The van der Waals surface area contributed by atoms with Crippen molar-refractivity contribution in [1.82, 2.24) is 10.6 Å². The molecule has 0 heterocycles. The fourth-order valence-corrected chi connectivity index (χ4v) is 3.18. The van der Waals surface area contributed by atoms with E-state index in [9.17, 15) is 29.4 Å². The lowest BCUT2D eigenvalue weighted by Gasteiger charge is -2.15. The third kappa shape index (κ3) is 4.94. The van der Waals surface area contributed by atoms with Crippen molar-refractivity contribution in [2.45, 2.75) is 39.5 Å². The first kappa shape index (κ1) is 22.9. The molecule has 0 saturated carbocycles. The Morgan fingerprint density at radius 3 is 1.30 bits per heavy atom. The maximum atomic E-state index is 12.7. The fourth-order valence-electron chi connectivity index (χ4n) is 3.18. The zero-order valence-electron chi connectivity index (χ0n) is 17.1. The van der Waals surface area contributed by atoms with Gasteiger partial charge in [-0.2, -0.15) is 0 Å². The quantitative estimate of drug-likeness (QED) is 0.441. The maximum Gasteiger partial charge on any atom is 0.336 e. The van der Waals surface area contributed by atoms with E-state index in [1.165, 1.54) is 12.1 Å². The van der Waals surface area contributed by atoms with Crippen molar-refractivity contribution < 1.29 is 29.4 Å². The van der Waals surface area contributed by atoms with Gasteiger partial charge in [0.25, 0.3) is 11.8 Å². The standard InChI is InChI=1S/C22H26N2O6/c1-3-5-11-23-19(25)13-7-8-14(20(26)24-12-6-4-2)18-16(22(29)30)10-9-15(17(13)18)21(27)28/h7-10H,3-6,11-12H2,1-2H3,(H,23,25)(H,24,26)(H,27,28)(H,29,30). The highest BCUT2D eigenvalue weighted by molar-refractivity contribution is 6.23. The summed E-state index contributed by atoms with van der Waals surface area (Å²) in [6.45, 7) is 4.73. The van der Waals surface area contributed by atoms with Crippen molar-refractivity contribution in [2.75, 3.05) is 13.1 Å². The average molecular weight is 414 g/mol. The molecule has 0 unspecified atom stereocenters. The molecule has 0 aliphatic carbocycles. The van der Waals surface area contributed by atoms with Crippen molar-refractivity contribution in [3.05, 3.63) is 46.5 Å². The Balaban J connectivity index is 2.75. The summed E-state index contributed by atoms with van der Waals surface area (Å²) in [4.78, 5) is 49.1. The van der Waals surface area contributed by atoms with Gasteiger partial charge in [-0.25, -0.2) is 9.59 Å². The van der Waals surface area contributed by atoms with Crippen molar-refractivity contribution in [3.8, 4) is 0 Å². The number of rotatable bonds is 10. The molecule has 0 aliphatic heterocycles. The molecule has 0 saturated heterocycles. The Kier molecular flexibility index (Phi) is 7.91. The minimum absolute atomic E-state index is 0.0201. The molecule has 2 aromatic carbocycles. The van der Waals surface area contributed by atoms with Gasteiger partial charge in [0.15, 0.2) is 0 Å². The lowest BCUT2D eigenvalue weighted by atomic mass is 9.91. The predicted octanol–water partition coefficient (Wildman–Crippen LogP) is 3.30. The molecular formula is C22H26N2O6. The first-order valence-electron chi connectivity index (χ1n) is 9.96. The lowest BCUT2D eigenvalue weighted by molar-refractivity contribution is 0.0684. The van der Waals surface area contributed by atoms with Crippen molar-refractivity contribution in [1.29, 1.82) is 0 Å². The number of carbonyl (C=O) groups excluding carboxylic acids is 2. The van der Waals surface area contributed by atoms with E-state index in [-0.39, 0.29) is 33.0 Å². The largest absolute Gasteiger partial charge is 0.478 e. The number of amides is 2. The highest BCUT2D eigenvalue weighted by atomic mass is 16.4. The molecule has 2 rings (SSSR count). The molecule has 0 fully saturated rings. The second-order valence-corrected chi connectivity index (χ2v) is 6.90. The van der Waals surface area contributed by atoms with Crippen LogP contribution in [-0.4, -0.2) is 47.1 Å². The number of aromatic carboxylic acids is 2. The molecule has 160 valence electrons. The van der Waals surface area contributed by atoms with Crippen LogP contribution >= 0.6 is 0 Å². The topological polar surface area (TPSA) is 133 Å².